The standard InChI is InChI=1S/C41H33NO/c1-26-12-17-29(18-13-26)42(30-19-14-27(2)15-20-30)31-21-23-34-33-22-16-28(24-37(33)41(3,4)38(34)25-31)32-9-7-10-36-35-8-5-6-11-39(35)43-40(32)36/h5-25H,1-4H3. The van der Waals surface area contributed by atoms with Gasteiger partial charge in [0.05, 0.1) is 0 Å². The Morgan fingerprint density at radius 2 is 1.09 bits per heavy atom. The molecule has 1 heterocycles. The number of benzene rings is 6. The summed E-state index contributed by atoms with van der Waals surface area (Å²) in [6.45, 7) is 8.99. The zero-order chi connectivity index (χ0) is 29.3. The summed E-state index contributed by atoms with van der Waals surface area (Å²) in [5.74, 6) is 0. The molecule has 6 aromatic carbocycles. The predicted octanol–water partition coefficient (Wildman–Crippen LogP) is 11.6. The van der Waals surface area contributed by atoms with Gasteiger partial charge in [0, 0.05) is 38.8 Å². The SMILES string of the molecule is Cc1ccc(N(c2ccc(C)cc2)c2ccc3c(c2)C(C)(C)c2cc(-c4cccc5c4oc4ccccc45)ccc2-3)cc1. The Kier molecular flexibility index (Phi) is 5.64. The van der Waals surface area contributed by atoms with E-state index in [-0.39, 0.29) is 5.41 Å². The third kappa shape index (κ3) is 4.01. The normalized spacial score (nSPS) is 13.3. The second-order valence-electron chi connectivity index (χ2n) is 12.4. The first kappa shape index (κ1) is 25.6. The van der Waals surface area contributed by atoms with E-state index < -0.39 is 0 Å². The van der Waals surface area contributed by atoms with E-state index in [2.05, 4.69) is 154 Å². The lowest BCUT2D eigenvalue weighted by molar-refractivity contribution is 0.660. The van der Waals surface area contributed by atoms with Crippen LogP contribution in [-0.4, -0.2) is 0 Å². The highest BCUT2D eigenvalue weighted by Gasteiger charge is 2.36. The molecule has 7 aromatic rings. The fourth-order valence-electron chi connectivity index (χ4n) is 6.84. The van der Waals surface area contributed by atoms with Crippen molar-refractivity contribution in [2.24, 2.45) is 0 Å². The summed E-state index contributed by atoms with van der Waals surface area (Å²) < 4.78 is 6.41. The van der Waals surface area contributed by atoms with Crippen LogP contribution in [0.5, 0.6) is 0 Å². The molecule has 0 atom stereocenters. The minimum absolute atomic E-state index is 0.162. The maximum absolute atomic E-state index is 6.41. The molecule has 1 aromatic heterocycles. The lowest BCUT2D eigenvalue weighted by Crippen LogP contribution is -2.16. The molecule has 208 valence electrons. The first-order chi connectivity index (χ1) is 20.9. The van der Waals surface area contributed by atoms with Gasteiger partial charge in [-0.1, -0.05) is 104 Å². The van der Waals surface area contributed by atoms with E-state index in [1.165, 1.54) is 44.6 Å². The van der Waals surface area contributed by atoms with Crippen LogP contribution in [0.1, 0.15) is 36.1 Å². The second-order valence-corrected chi connectivity index (χ2v) is 12.4. The van der Waals surface area contributed by atoms with E-state index in [9.17, 15) is 0 Å². The summed E-state index contributed by atoms with van der Waals surface area (Å²) in [5, 5.41) is 2.32. The van der Waals surface area contributed by atoms with Gasteiger partial charge in [0.1, 0.15) is 11.2 Å². The monoisotopic (exact) mass is 555 g/mol. The summed E-state index contributed by atoms with van der Waals surface area (Å²) in [5.41, 5.74) is 15.3. The maximum Gasteiger partial charge on any atom is 0.143 e. The van der Waals surface area contributed by atoms with Gasteiger partial charge in [-0.15, -0.1) is 0 Å². The van der Waals surface area contributed by atoms with Crippen LogP contribution < -0.4 is 4.90 Å². The zero-order valence-corrected chi connectivity index (χ0v) is 25.0. The summed E-state index contributed by atoms with van der Waals surface area (Å²) in [7, 11) is 0. The smallest absolute Gasteiger partial charge is 0.143 e. The lowest BCUT2D eigenvalue weighted by Gasteiger charge is -2.28. The Morgan fingerprint density at radius 3 is 1.79 bits per heavy atom. The molecule has 0 radical (unpaired) electrons. The van der Waals surface area contributed by atoms with Gasteiger partial charge in [0.2, 0.25) is 0 Å². The average Bonchev–Trinajstić information content (AvgIpc) is 3.51. The summed E-state index contributed by atoms with van der Waals surface area (Å²) in [6.07, 6.45) is 0. The molecule has 0 saturated carbocycles. The molecule has 0 saturated heterocycles. The van der Waals surface area contributed by atoms with E-state index >= 15 is 0 Å². The molecule has 0 fully saturated rings. The van der Waals surface area contributed by atoms with Crippen molar-refractivity contribution in [2.75, 3.05) is 4.90 Å². The highest BCUT2D eigenvalue weighted by molar-refractivity contribution is 6.09. The van der Waals surface area contributed by atoms with Gasteiger partial charge < -0.3 is 9.32 Å². The fourth-order valence-corrected chi connectivity index (χ4v) is 6.84. The van der Waals surface area contributed by atoms with Crippen molar-refractivity contribution >= 4 is 39.0 Å². The maximum atomic E-state index is 6.41. The van der Waals surface area contributed by atoms with Crippen molar-refractivity contribution in [3.05, 3.63) is 150 Å². The van der Waals surface area contributed by atoms with Crippen LogP contribution in [0.25, 0.3) is 44.2 Å². The number of furan rings is 1. The Bertz CT molecular complexity index is 2120. The molecule has 2 heteroatoms. The number of nitrogens with zero attached hydrogens (tertiary/aromatic N) is 1. The van der Waals surface area contributed by atoms with Gasteiger partial charge in [0.15, 0.2) is 0 Å². The second kappa shape index (κ2) is 9.47. The van der Waals surface area contributed by atoms with Crippen molar-refractivity contribution in [1.29, 1.82) is 0 Å². The predicted molar refractivity (Wildman–Crippen MR) is 181 cm³/mol. The van der Waals surface area contributed by atoms with Crippen molar-refractivity contribution in [1.82, 2.24) is 0 Å². The summed E-state index contributed by atoms with van der Waals surface area (Å²) in [6, 6.07) is 46.3. The zero-order valence-electron chi connectivity index (χ0n) is 25.0. The van der Waals surface area contributed by atoms with E-state index in [0.717, 1.165) is 38.9 Å². The topological polar surface area (TPSA) is 16.4 Å². The van der Waals surface area contributed by atoms with Gasteiger partial charge in [-0.25, -0.2) is 0 Å². The Hall–Kier alpha value is -5.08. The van der Waals surface area contributed by atoms with Crippen LogP contribution in [-0.2, 0) is 5.41 Å². The molecular formula is C41H33NO. The molecule has 0 spiro atoms. The van der Waals surface area contributed by atoms with Crippen LogP contribution in [0.2, 0.25) is 0 Å². The highest BCUT2D eigenvalue weighted by atomic mass is 16.3. The van der Waals surface area contributed by atoms with Gasteiger partial charge in [-0.3, -0.25) is 0 Å². The van der Waals surface area contributed by atoms with Crippen LogP contribution in [0.3, 0.4) is 0 Å². The van der Waals surface area contributed by atoms with Crippen molar-refractivity contribution in [2.45, 2.75) is 33.1 Å². The van der Waals surface area contributed by atoms with E-state index in [4.69, 9.17) is 4.42 Å². The van der Waals surface area contributed by atoms with Gasteiger partial charge >= 0.3 is 0 Å². The largest absolute Gasteiger partial charge is 0.455 e. The van der Waals surface area contributed by atoms with Crippen molar-refractivity contribution < 1.29 is 4.42 Å². The third-order valence-electron chi connectivity index (χ3n) is 9.22. The van der Waals surface area contributed by atoms with Crippen molar-refractivity contribution in [3.63, 3.8) is 0 Å². The molecule has 2 nitrogen and oxygen atoms in total. The molecule has 8 rings (SSSR count). The van der Waals surface area contributed by atoms with Gasteiger partial charge in [0.25, 0.3) is 0 Å². The molecule has 0 unspecified atom stereocenters. The van der Waals surface area contributed by atoms with E-state index in [1.807, 2.05) is 6.07 Å². The molecular weight excluding hydrogens is 522 g/mol. The number of para-hydroxylation sites is 2. The number of anilines is 3. The summed E-state index contributed by atoms with van der Waals surface area (Å²) in [4.78, 5) is 2.37. The third-order valence-corrected chi connectivity index (χ3v) is 9.22. The average molecular weight is 556 g/mol. The van der Waals surface area contributed by atoms with Gasteiger partial charge in [-0.05, 0) is 90.2 Å². The lowest BCUT2D eigenvalue weighted by atomic mass is 9.81. The molecule has 0 amide bonds. The van der Waals surface area contributed by atoms with Crippen LogP contribution in [0.15, 0.2) is 132 Å². The number of rotatable bonds is 4. The molecule has 0 aliphatic heterocycles. The molecule has 43 heavy (non-hydrogen) atoms. The van der Waals surface area contributed by atoms with E-state index in [0.29, 0.717) is 0 Å². The highest BCUT2D eigenvalue weighted by Crippen LogP contribution is 2.52. The molecule has 1 aliphatic carbocycles. The Balaban J connectivity index is 1.25. The number of fused-ring (bicyclic) bond motifs is 6. The first-order valence-electron chi connectivity index (χ1n) is 15.0. The fraction of sp³-hybridized carbons (Fsp3) is 0.122. The van der Waals surface area contributed by atoms with Gasteiger partial charge in [-0.2, -0.15) is 0 Å². The van der Waals surface area contributed by atoms with Crippen LogP contribution >= 0.6 is 0 Å². The molecule has 0 bridgehead atoms. The molecule has 1 aliphatic rings. The number of hydrogen-bond acceptors (Lipinski definition) is 2. The minimum atomic E-state index is -0.162. The summed E-state index contributed by atoms with van der Waals surface area (Å²) >= 11 is 0. The molecule has 0 N–H and O–H groups in total. The van der Waals surface area contributed by atoms with Crippen LogP contribution in [0.4, 0.5) is 17.1 Å². The number of aryl methyl sites for hydroxylation is 2. The van der Waals surface area contributed by atoms with Crippen molar-refractivity contribution in [3.8, 4) is 22.3 Å². The Labute approximate surface area is 252 Å². The Morgan fingerprint density at radius 1 is 0.512 bits per heavy atom. The number of hydrogen-bond donors (Lipinski definition) is 0. The first-order valence-corrected chi connectivity index (χ1v) is 15.0. The quantitative estimate of drug-likeness (QED) is 0.215. The van der Waals surface area contributed by atoms with E-state index in [1.54, 1.807) is 0 Å². The minimum Gasteiger partial charge on any atom is -0.455 e. The van der Waals surface area contributed by atoms with Crippen LogP contribution in [0, 0.1) is 13.8 Å².